The minimum absolute atomic E-state index is 0.0665. The third kappa shape index (κ3) is 3.03. The smallest absolute Gasteiger partial charge is 0.251 e. The number of carbonyl (C=O) groups excluding carboxylic acids is 2. The van der Waals surface area contributed by atoms with Gasteiger partial charge in [0.25, 0.3) is 5.91 Å². The van der Waals surface area contributed by atoms with Gasteiger partial charge in [0.15, 0.2) is 0 Å². The maximum absolute atomic E-state index is 12.1. The molecule has 0 aromatic heterocycles. The molecule has 0 spiro atoms. The number of nitrogens with zero attached hydrogens (tertiary/aromatic N) is 1. The molecule has 1 heterocycles. The first kappa shape index (κ1) is 13.6. The Balaban J connectivity index is 1.54. The summed E-state index contributed by atoms with van der Waals surface area (Å²) in [6, 6.07) is 7.37. The molecule has 1 saturated heterocycles. The van der Waals surface area contributed by atoms with Crippen LogP contribution in [0, 0.1) is 5.92 Å². The van der Waals surface area contributed by atoms with Crippen molar-refractivity contribution in [3.63, 3.8) is 0 Å². The van der Waals surface area contributed by atoms with E-state index >= 15 is 0 Å². The van der Waals surface area contributed by atoms with Gasteiger partial charge in [-0.2, -0.15) is 0 Å². The molecule has 20 heavy (non-hydrogen) atoms. The van der Waals surface area contributed by atoms with Crippen LogP contribution < -0.4 is 5.32 Å². The minimum Gasteiger partial charge on any atom is -0.347 e. The second kappa shape index (κ2) is 5.56. The lowest BCUT2D eigenvalue weighted by Gasteiger charge is -2.17. The first-order chi connectivity index (χ1) is 9.63. The zero-order valence-electron chi connectivity index (χ0n) is 11.1. The molecule has 0 bridgehead atoms. The molecule has 1 aromatic carbocycles. The summed E-state index contributed by atoms with van der Waals surface area (Å²) in [5, 5.41) is 3.01. The summed E-state index contributed by atoms with van der Waals surface area (Å²) in [4.78, 5) is 26.0. The molecule has 1 aliphatic heterocycles. The Morgan fingerprint density at radius 3 is 2.50 bits per heavy atom. The summed E-state index contributed by atoms with van der Waals surface area (Å²) in [6.07, 6.45) is 2.91. The van der Waals surface area contributed by atoms with Crippen molar-refractivity contribution in [2.45, 2.75) is 25.3 Å². The van der Waals surface area contributed by atoms with Crippen LogP contribution in [-0.2, 0) is 4.79 Å². The normalized spacial score (nSPS) is 21.9. The molecule has 3 rings (SSSR count). The molecule has 2 fully saturated rings. The first-order valence-electron chi connectivity index (χ1n) is 6.99. The number of benzene rings is 1. The van der Waals surface area contributed by atoms with Gasteiger partial charge in [0.2, 0.25) is 5.91 Å². The first-order valence-corrected chi connectivity index (χ1v) is 7.78. The van der Waals surface area contributed by atoms with Gasteiger partial charge < -0.3 is 10.2 Å². The second-order valence-electron chi connectivity index (χ2n) is 5.52. The highest BCUT2D eigenvalue weighted by Gasteiger charge is 2.36. The van der Waals surface area contributed by atoms with Crippen molar-refractivity contribution in [3.05, 3.63) is 34.3 Å². The number of hydrogen-bond donors (Lipinski definition) is 1. The van der Waals surface area contributed by atoms with Gasteiger partial charge in [-0.25, -0.2) is 0 Å². The molecule has 1 unspecified atom stereocenters. The van der Waals surface area contributed by atoms with Crippen LogP contribution >= 0.6 is 15.9 Å². The Morgan fingerprint density at radius 1 is 1.15 bits per heavy atom. The van der Waals surface area contributed by atoms with E-state index in [1.165, 1.54) is 0 Å². The lowest BCUT2D eigenvalue weighted by Crippen LogP contribution is -2.38. The van der Waals surface area contributed by atoms with E-state index in [0.29, 0.717) is 12.1 Å². The lowest BCUT2D eigenvalue weighted by molar-refractivity contribution is -0.131. The molecule has 1 atom stereocenters. The average Bonchev–Trinajstić information content (AvgIpc) is 3.19. The average molecular weight is 337 g/mol. The van der Waals surface area contributed by atoms with Crippen LogP contribution in [0.25, 0.3) is 0 Å². The Kier molecular flexibility index (Phi) is 3.78. The van der Waals surface area contributed by atoms with E-state index in [0.717, 1.165) is 30.3 Å². The summed E-state index contributed by atoms with van der Waals surface area (Å²) in [6.45, 7) is 1.41. The van der Waals surface area contributed by atoms with Crippen LogP contribution in [0.1, 0.15) is 29.6 Å². The number of amides is 2. The number of rotatable bonds is 3. The summed E-state index contributed by atoms with van der Waals surface area (Å²) in [7, 11) is 0. The van der Waals surface area contributed by atoms with Crippen LogP contribution in [0.15, 0.2) is 28.7 Å². The Bertz CT molecular complexity index is 525. The monoisotopic (exact) mass is 336 g/mol. The zero-order valence-corrected chi connectivity index (χ0v) is 12.7. The van der Waals surface area contributed by atoms with Crippen molar-refractivity contribution in [2.24, 2.45) is 5.92 Å². The molecule has 2 amide bonds. The SMILES string of the molecule is O=C(NC1CCN(C(=O)C2CC2)C1)c1ccc(Br)cc1. The molecule has 2 aliphatic rings. The molecule has 106 valence electrons. The van der Waals surface area contributed by atoms with E-state index in [2.05, 4.69) is 21.2 Å². The molecular formula is C15H17BrN2O2. The van der Waals surface area contributed by atoms with Gasteiger partial charge in [-0.15, -0.1) is 0 Å². The number of halogens is 1. The maximum Gasteiger partial charge on any atom is 0.251 e. The number of likely N-dealkylation sites (tertiary alicyclic amines) is 1. The second-order valence-corrected chi connectivity index (χ2v) is 6.44. The highest BCUT2D eigenvalue weighted by atomic mass is 79.9. The summed E-state index contributed by atoms with van der Waals surface area (Å²) < 4.78 is 0.955. The van der Waals surface area contributed by atoms with Crippen molar-refractivity contribution in [2.75, 3.05) is 13.1 Å². The molecule has 1 saturated carbocycles. The number of hydrogen-bond acceptors (Lipinski definition) is 2. The van der Waals surface area contributed by atoms with E-state index in [-0.39, 0.29) is 23.8 Å². The summed E-state index contributed by atoms with van der Waals surface area (Å²) >= 11 is 3.35. The third-order valence-electron chi connectivity index (χ3n) is 3.87. The molecule has 1 aliphatic carbocycles. The van der Waals surface area contributed by atoms with E-state index in [1.54, 1.807) is 12.1 Å². The molecule has 1 aromatic rings. The van der Waals surface area contributed by atoms with Gasteiger partial charge in [0, 0.05) is 35.1 Å². The van der Waals surface area contributed by atoms with Crippen LogP contribution in [-0.4, -0.2) is 35.8 Å². The van der Waals surface area contributed by atoms with Crippen molar-refractivity contribution in [3.8, 4) is 0 Å². The van der Waals surface area contributed by atoms with Crippen molar-refractivity contribution >= 4 is 27.7 Å². The van der Waals surface area contributed by atoms with E-state index < -0.39 is 0 Å². The summed E-state index contributed by atoms with van der Waals surface area (Å²) in [5.74, 6) is 0.463. The number of nitrogens with one attached hydrogen (secondary N) is 1. The molecule has 5 heteroatoms. The fourth-order valence-electron chi connectivity index (χ4n) is 2.54. The number of carbonyl (C=O) groups is 2. The molecule has 0 radical (unpaired) electrons. The molecule has 4 nitrogen and oxygen atoms in total. The fourth-order valence-corrected chi connectivity index (χ4v) is 2.80. The van der Waals surface area contributed by atoms with Crippen molar-refractivity contribution < 1.29 is 9.59 Å². The topological polar surface area (TPSA) is 49.4 Å². The Hall–Kier alpha value is -1.36. The van der Waals surface area contributed by atoms with E-state index in [1.807, 2.05) is 17.0 Å². The highest BCUT2D eigenvalue weighted by Crippen LogP contribution is 2.32. The van der Waals surface area contributed by atoms with Gasteiger partial charge in [-0.3, -0.25) is 9.59 Å². The van der Waals surface area contributed by atoms with Gasteiger partial charge in [0.1, 0.15) is 0 Å². The Morgan fingerprint density at radius 2 is 1.85 bits per heavy atom. The van der Waals surface area contributed by atoms with E-state index in [9.17, 15) is 9.59 Å². The van der Waals surface area contributed by atoms with Gasteiger partial charge >= 0.3 is 0 Å². The maximum atomic E-state index is 12.1. The quantitative estimate of drug-likeness (QED) is 0.919. The minimum atomic E-state index is -0.0665. The highest BCUT2D eigenvalue weighted by molar-refractivity contribution is 9.10. The van der Waals surface area contributed by atoms with Gasteiger partial charge in [-0.1, -0.05) is 15.9 Å². The zero-order chi connectivity index (χ0) is 14.1. The van der Waals surface area contributed by atoms with Crippen LogP contribution in [0.5, 0.6) is 0 Å². The van der Waals surface area contributed by atoms with Crippen LogP contribution in [0.3, 0.4) is 0 Å². The van der Waals surface area contributed by atoms with Crippen molar-refractivity contribution in [1.82, 2.24) is 10.2 Å². The fraction of sp³-hybridized carbons (Fsp3) is 0.467. The van der Waals surface area contributed by atoms with Crippen LogP contribution in [0.2, 0.25) is 0 Å². The van der Waals surface area contributed by atoms with E-state index in [4.69, 9.17) is 0 Å². The predicted molar refractivity (Wildman–Crippen MR) is 79.3 cm³/mol. The van der Waals surface area contributed by atoms with Gasteiger partial charge in [-0.05, 0) is 43.5 Å². The molecule has 1 N–H and O–H groups in total. The largest absolute Gasteiger partial charge is 0.347 e. The van der Waals surface area contributed by atoms with Crippen LogP contribution in [0.4, 0.5) is 0 Å². The third-order valence-corrected chi connectivity index (χ3v) is 4.40. The summed E-state index contributed by atoms with van der Waals surface area (Å²) in [5.41, 5.74) is 0.653. The van der Waals surface area contributed by atoms with Gasteiger partial charge in [0.05, 0.1) is 0 Å². The molecular weight excluding hydrogens is 320 g/mol. The Labute approximate surface area is 126 Å². The standard InChI is InChI=1S/C15H17BrN2O2/c16-12-5-3-10(4-6-12)14(19)17-13-7-8-18(9-13)15(20)11-1-2-11/h3-6,11,13H,1-2,7-9H2,(H,17,19). The predicted octanol–water partition coefficient (Wildman–Crippen LogP) is 2.19. The van der Waals surface area contributed by atoms with Crippen molar-refractivity contribution in [1.29, 1.82) is 0 Å². The lowest BCUT2D eigenvalue weighted by atomic mass is 10.2.